The maximum absolute atomic E-state index is 7.44. The molecule has 0 aliphatic carbocycles. The van der Waals surface area contributed by atoms with E-state index >= 15 is 0 Å². The lowest BCUT2D eigenvalue weighted by Gasteiger charge is -2.30. The van der Waals surface area contributed by atoms with Crippen LogP contribution in [0.2, 0.25) is 5.02 Å². The first kappa shape index (κ1) is 13.0. The molecule has 0 bridgehead atoms. The summed E-state index contributed by atoms with van der Waals surface area (Å²) >= 11 is 5.95. The first-order valence-corrected chi connectivity index (χ1v) is 5.62. The quantitative estimate of drug-likeness (QED) is 0.627. The summed E-state index contributed by atoms with van der Waals surface area (Å²) in [7, 11) is 1.96. The molecule has 0 aliphatic heterocycles. The number of nitrogens with zero attached hydrogens (tertiary/aromatic N) is 1. The van der Waals surface area contributed by atoms with Gasteiger partial charge in [0.25, 0.3) is 0 Å². The predicted molar refractivity (Wildman–Crippen MR) is 69.0 cm³/mol. The van der Waals surface area contributed by atoms with Crippen molar-refractivity contribution in [2.24, 2.45) is 5.73 Å². The van der Waals surface area contributed by atoms with Gasteiger partial charge >= 0.3 is 0 Å². The van der Waals surface area contributed by atoms with Gasteiger partial charge in [-0.3, -0.25) is 10.3 Å². The molecule has 2 atom stereocenters. The number of hydrogen-bond donors (Lipinski definition) is 2. The summed E-state index contributed by atoms with van der Waals surface area (Å²) in [6, 6.07) is 7.86. The Labute approximate surface area is 102 Å². The Bertz CT molecular complexity index is 378. The fourth-order valence-corrected chi connectivity index (χ4v) is 1.76. The van der Waals surface area contributed by atoms with Crippen LogP contribution in [-0.2, 0) is 0 Å². The van der Waals surface area contributed by atoms with E-state index < -0.39 is 0 Å². The van der Waals surface area contributed by atoms with Crippen LogP contribution in [0.4, 0.5) is 0 Å². The maximum Gasteiger partial charge on any atom is 0.108 e. The second kappa shape index (κ2) is 5.32. The lowest BCUT2D eigenvalue weighted by molar-refractivity contribution is 0.239. The van der Waals surface area contributed by atoms with E-state index in [0.717, 1.165) is 10.6 Å². The zero-order valence-electron chi connectivity index (χ0n) is 9.87. The molecule has 0 saturated heterocycles. The minimum atomic E-state index is -0.0750. The Balaban J connectivity index is 2.85. The van der Waals surface area contributed by atoms with Gasteiger partial charge in [0, 0.05) is 11.1 Å². The van der Waals surface area contributed by atoms with E-state index in [1.165, 1.54) is 0 Å². The van der Waals surface area contributed by atoms with Crippen LogP contribution in [0.1, 0.15) is 25.5 Å². The molecule has 0 aliphatic rings. The molecule has 0 radical (unpaired) electrons. The van der Waals surface area contributed by atoms with Crippen molar-refractivity contribution >= 4 is 17.4 Å². The molecule has 88 valence electrons. The molecule has 1 rings (SSSR count). The van der Waals surface area contributed by atoms with E-state index in [2.05, 4.69) is 6.92 Å². The van der Waals surface area contributed by atoms with Crippen molar-refractivity contribution in [3.05, 3.63) is 34.9 Å². The number of hydrogen-bond acceptors (Lipinski definition) is 2. The van der Waals surface area contributed by atoms with Crippen molar-refractivity contribution in [3.8, 4) is 0 Å². The number of likely N-dealkylation sites (N-methyl/N-ethyl adjacent to an activating group) is 1. The van der Waals surface area contributed by atoms with Gasteiger partial charge in [0.1, 0.15) is 5.84 Å². The Kier molecular flexibility index (Phi) is 4.33. The minimum Gasteiger partial charge on any atom is -0.386 e. The molecule has 1 aromatic rings. The fourth-order valence-electron chi connectivity index (χ4n) is 1.56. The van der Waals surface area contributed by atoms with Gasteiger partial charge in [0.15, 0.2) is 0 Å². The van der Waals surface area contributed by atoms with E-state index in [0.29, 0.717) is 0 Å². The summed E-state index contributed by atoms with van der Waals surface area (Å²) in [6.45, 7) is 3.99. The number of rotatable bonds is 4. The molecular formula is C12H18ClN3. The second-order valence-corrected chi connectivity index (χ2v) is 4.46. The van der Waals surface area contributed by atoms with Crippen LogP contribution in [0, 0.1) is 5.41 Å². The van der Waals surface area contributed by atoms with Crippen LogP contribution in [0.15, 0.2) is 24.3 Å². The van der Waals surface area contributed by atoms with Crippen molar-refractivity contribution in [2.75, 3.05) is 7.05 Å². The molecule has 0 aromatic heterocycles. The normalized spacial score (nSPS) is 14.8. The van der Waals surface area contributed by atoms with E-state index in [1.807, 2.05) is 43.1 Å². The Morgan fingerprint density at radius 2 is 2.06 bits per heavy atom. The molecule has 4 heteroatoms. The van der Waals surface area contributed by atoms with Gasteiger partial charge in [-0.2, -0.15) is 0 Å². The van der Waals surface area contributed by atoms with Gasteiger partial charge in [0.05, 0.1) is 6.04 Å². The van der Waals surface area contributed by atoms with E-state index in [4.69, 9.17) is 22.7 Å². The third-order valence-electron chi connectivity index (χ3n) is 3.00. The molecule has 16 heavy (non-hydrogen) atoms. The van der Waals surface area contributed by atoms with Crippen LogP contribution in [-0.4, -0.2) is 23.8 Å². The van der Waals surface area contributed by atoms with Gasteiger partial charge < -0.3 is 5.73 Å². The van der Waals surface area contributed by atoms with Gasteiger partial charge in [-0.25, -0.2) is 0 Å². The average Bonchev–Trinajstić information content (AvgIpc) is 2.26. The van der Waals surface area contributed by atoms with Gasteiger partial charge in [-0.1, -0.05) is 23.7 Å². The highest BCUT2D eigenvalue weighted by Gasteiger charge is 2.19. The average molecular weight is 240 g/mol. The Morgan fingerprint density at radius 3 is 2.56 bits per heavy atom. The zero-order valence-corrected chi connectivity index (χ0v) is 10.6. The second-order valence-electron chi connectivity index (χ2n) is 4.03. The highest BCUT2D eigenvalue weighted by molar-refractivity contribution is 6.30. The molecular weight excluding hydrogens is 222 g/mol. The summed E-state index contributed by atoms with van der Waals surface area (Å²) in [5, 5.41) is 8.17. The van der Waals surface area contributed by atoms with Gasteiger partial charge in [-0.05, 0) is 38.6 Å². The number of nitrogens with one attached hydrogen (secondary N) is 1. The number of halogens is 1. The molecule has 0 fully saturated rings. The van der Waals surface area contributed by atoms with Gasteiger partial charge in [0.2, 0.25) is 0 Å². The topological polar surface area (TPSA) is 53.1 Å². The van der Waals surface area contributed by atoms with Crippen LogP contribution in [0.5, 0.6) is 0 Å². The van der Waals surface area contributed by atoms with Crippen LogP contribution >= 0.6 is 11.6 Å². The molecule has 0 saturated carbocycles. The predicted octanol–water partition coefficient (Wildman–Crippen LogP) is 2.66. The fraction of sp³-hybridized carbons (Fsp3) is 0.417. The van der Waals surface area contributed by atoms with Crippen molar-refractivity contribution in [1.29, 1.82) is 5.41 Å². The van der Waals surface area contributed by atoms with Crippen molar-refractivity contribution in [3.63, 3.8) is 0 Å². The molecule has 2 unspecified atom stereocenters. The molecule has 0 amide bonds. The van der Waals surface area contributed by atoms with E-state index in [-0.39, 0.29) is 17.9 Å². The minimum absolute atomic E-state index is 0.0750. The molecule has 3 nitrogen and oxygen atoms in total. The van der Waals surface area contributed by atoms with E-state index in [1.54, 1.807) is 0 Å². The van der Waals surface area contributed by atoms with Crippen LogP contribution in [0.25, 0.3) is 0 Å². The summed E-state index contributed by atoms with van der Waals surface area (Å²) in [5.74, 6) is 0.177. The lowest BCUT2D eigenvalue weighted by Crippen LogP contribution is -2.41. The van der Waals surface area contributed by atoms with Gasteiger partial charge in [-0.15, -0.1) is 0 Å². The standard InChI is InChI=1S/C12H18ClN3/c1-8(16(3)9(2)12(14)15)10-5-4-6-11(13)7-10/h4-9H,1-3H3,(H3,14,15). The smallest absolute Gasteiger partial charge is 0.108 e. The van der Waals surface area contributed by atoms with Crippen molar-refractivity contribution in [2.45, 2.75) is 25.9 Å². The molecule has 1 aromatic carbocycles. The monoisotopic (exact) mass is 239 g/mol. The number of amidine groups is 1. The van der Waals surface area contributed by atoms with Crippen LogP contribution < -0.4 is 5.73 Å². The molecule has 0 heterocycles. The van der Waals surface area contributed by atoms with Crippen molar-refractivity contribution < 1.29 is 0 Å². The number of nitrogens with two attached hydrogens (primary N) is 1. The summed E-state index contributed by atoms with van der Waals surface area (Å²) in [6.07, 6.45) is 0. The highest BCUT2D eigenvalue weighted by atomic mass is 35.5. The third kappa shape index (κ3) is 2.97. The lowest BCUT2D eigenvalue weighted by atomic mass is 10.1. The Morgan fingerprint density at radius 1 is 1.44 bits per heavy atom. The van der Waals surface area contributed by atoms with Crippen molar-refractivity contribution in [1.82, 2.24) is 4.90 Å². The van der Waals surface area contributed by atoms with E-state index in [9.17, 15) is 0 Å². The number of benzene rings is 1. The van der Waals surface area contributed by atoms with Crippen LogP contribution in [0.3, 0.4) is 0 Å². The Hall–Kier alpha value is -1.06. The summed E-state index contributed by atoms with van der Waals surface area (Å²) < 4.78 is 0. The zero-order chi connectivity index (χ0) is 12.3. The summed E-state index contributed by atoms with van der Waals surface area (Å²) in [5.41, 5.74) is 6.63. The third-order valence-corrected chi connectivity index (χ3v) is 3.24. The first-order valence-electron chi connectivity index (χ1n) is 5.24. The SMILES string of the molecule is CC(C(=N)N)N(C)C(C)c1cccc(Cl)c1. The maximum atomic E-state index is 7.44. The summed E-state index contributed by atoms with van der Waals surface area (Å²) in [4.78, 5) is 2.05. The highest BCUT2D eigenvalue weighted by Crippen LogP contribution is 2.23. The molecule has 0 spiro atoms. The first-order chi connectivity index (χ1) is 7.43. The molecule has 3 N–H and O–H groups in total. The largest absolute Gasteiger partial charge is 0.386 e.